The predicted octanol–water partition coefficient (Wildman–Crippen LogP) is 4.48. The molecule has 20 heavy (non-hydrogen) atoms. The van der Waals surface area contributed by atoms with Crippen molar-refractivity contribution in [3.63, 3.8) is 0 Å². The summed E-state index contributed by atoms with van der Waals surface area (Å²) in [6, 6.07) is 11.6. The van der Waals surface area contributed by atoms with Crippen LogP contribution in [0.25, 0.3) is 0 Å². The lowest BCUT2D eigenvalue weighted by Crippen LogP contribution is -2.17. The van der Waals surface area contributed by atoms with E-state index in [-0.39, 0.29) is 6.04 Å². The van der Waals surface area contributed by atoms with E-state index in [0.717, 1.165) is 40.8 Å². The average Bonchev–Trinajstić information content (AvgIpc) is 2.48. The molecule has 1 aliphatic heterocycles. The summed E-state index contributed by atoms with van der Waals surface area (Å²) in [7, 11) is 0. The summed E-state index contributed by atoms with van der Waals surface area (Å²) in [5.74, 6) is 0.943. The van der Waals surface area contributed by atoms with Crippen LogP contribution in [0.2, 0.25) is 5.02 Å². The molecule has 0 saturated carbocycles. The summed E-state index contributed by atoms with van der Waals surface area (Å²) in [6.45, 7) is 0.757. The maximum Gasteiger partial charge on any atom is 0.127 e. The summed E-state index contributed by atoms with van der Waals surface area (Å²) in [4.78, 5) is 0. The van der Waals surface area contributed by atoms with E-state index >= 15 is 0 Å². The lowest BCUT2D eigenvalue weighted by atomic mass is 9.94. The summed E-state index contributed by atoms with van der Waals surface area (Å²) < 4.78 is 6.80. The number of hydrogen-bond acceptors (Lipinski definition) is 2. The number of benzene rings is 2. The van der Waals surface area contributed by atoms with E-state index in [1.165, 1.54) is 5.56 Å². The van der Waals surface area contributed by atoms with Crippen molar-refractivity contribution in [1.82, 2.24) is 0 Å². The Morgan fingerprint density at radius 2 is 2.05 bits per heavy atom. The van der Waals surface area contributed by atoms with Gasteiger partial charge in [0.05, 0.1) is 12.6 Å². The van der Waals surface area contributed by atoms with Crippen LogP contribution in [-0.2, 0) is 6.42 Å². The number of fused-ring (bicyclic) bond motifs is 1. The van der Waals surface area contributed by atoms with Gasteiger partial charge in [0.2, 0.25) is 0 Å². The molecule has 1 unspecified atom stereocenters. The number of rotatable bonds is 2. The van der Waals surface area contributed by atoms with Gasteiger partial charge in [0.1, 0.15) is 5.75 Å². The maximum atomic E-state index is 6.44. The number of nitrogens with two attached hydrogens (primary N) is 1. The first kappa shape index (κ1) is 13.9. The first-order chi connectivity index (χ1) is 9.66. The van der Waals surface area contributed by atoms with Crippen molar-refractivity contribution in [2.45, 2.75) is 18.9 Å². The zero-order valence-corrected chi connectivity index (χ0v) is 13.2. The first-order valence-electron chi connectivity index (χ1n) is 6.62. The molecule has 4 heteroatoms. The summed E-state index contributed by atoms with van der Waals surface area (Å²) in [5, 5.41) is 0.685. The Labute approximate surface area is 132 Å². The van der Waals surface area contributed by atoms with Gasteiger partial charge in [0.25, 0.3) is 0 Å². The average molecular weight is 353 g/mol. The van der Waals surface area contributed by atoms with Crippen LogP contribution < -0.4 is 10.5 Å². The molecular formula is C16H15BrClNO. The van der Waals surface area contributed by atoms with Crippen LogP contribution in [0, 0.1) is 0 Å². The monoisotopic (exact) mass is 351 g/mol. The highest BCUT2D eigenvalue weighted by molar-refractivity contribution is 9.10. The minimum absolute atomic E-state index is 0.254. The van der Waals surface area contributed by atoms with E-state index < -0.39 is 0 Å². The second-order valence-electron chi connectivity index (χ2n) is 4.93. The molecule has 1 heterocycles. The number of para-hydroxylation sites is 1. The van der Waals surface area contributed by atoms with Gasteiger partial charge in [0.15, 0.2) is 0 Å². The zero-order chi connectivity index (χ0) is 14.1. The molecule has 0 amide bonds. The van der Waals surface area contributed by atoms with Gasteiger partial charge in [-0.1, -0.05) is 45.7 Å². The Morgan fingerprint density at radius 3 is 2.90 bits per heavy atom. The van der Waals surface area contributed by atoms with E-state index in [0.29, 0.717) is 5.02 Å². The second-order valence-corrected chi connectivity index (χ2v) is 6.22. The molecule has 0 radical (unpaired) electrons. The van der Waals surface area contributed by atoms with Crippen LogP contribution in [0.3, 0.4) is 0 Å². The minimum atomic E-state index is -0.254. The van der Waals surface area contributed by atoms with Crippen molar-refractivity contribution in [3.8, 4) is 5.75 Å². The normalized spacial score (nSPS) is 15.3. The molecule has 0 bridgehead atoms. The van der Waals surface area contributed by atoms with E-state index in [9.17, 15) is 0 Å². The number of ether oxygens (including phenoxy) is 1. The predicted molar refractivity (Wildman–Crippen MR) is 85.4 cm³/mol. The maximum absolute atomic E-state index is 6.44. The molecule has 0 spiro atoms. The summed E-state index contributed by atoms with van der Waals surface area (Å²) in [5.41, 5.74) is 9.67. The molecule has 3 rings (SSSR count). The second kappa shape index (κ2) is 5.76. The molecule has 0 aromatic heterocycles. The molecule has 2 aromatic carbocycles. The Kier molecular flexibility index (Phi) is 4.01. The van der Waals surface area contributed by atoms with Gasteiger partial charge in [-0.15, -0.1) is 0 Å². The summed E-state index contributed by atoms with van der Waals surface area (Å²) in [6.07, 6.45) is 2.11. The van der Waals surface area contributed by atoms with E-state index in [2.05, 4.69) is 22.0 Å². The van der Waals surface area contributed by atoms with Crippen molar-refractivity contribution in [3.05, 3.63) is 62.6 Å². The molecule has 2 N–H and O–H groups in total. The molecule has 2 nitrogen and oxygen atoms in total. The largest absolute Gasteiger partial charge is 0.493 e. The topological polar surface area (TPSA) is 35.2 Å². The Hall–Kier alpha value is -1.03. The Morgan fingerprint density at radius 1 is 1.20 bits per heavy atom. The zero-order valence-electron chi connectivity index (χ0n) is 10.9. The van der Waals surface area contributed by atoms with Crippen LogP contribution >= 0.6 is 27.5 Å². The minimum Gasteiger partial charge on any atom is -0.493 e. The fourth-order valence-electron chi connectivity index (χ4n) is 2.58. The molecular weight excluding hydrogens is 338 g/mol. The first-order valence-corrected chi connectivity index (χ1v) is 7.79. The van der Waals surface area contributed by atoms with E-state index in [1.54, 1.807) is 0 Å². The lowest BCUT2D eigenvalue weighted by molar-refractivity contribution is 0.284. The Bertz CT molecular complexity index is 644. The highest BCUT2D eigenvalue weighted by Gasteiger charge is 2.21. The van der Waals surface area contributed by atoms with E-state index in [4.69, 9.17) is 22.1 Å². The van der Waals surface area contributed by atoms with Gasteiger partial charge in [0, 0.05) is 15.1 Å². The van der Waals surface area contributed by atoms with Crippen molar-refractivity contribution >= 4 is 27.5 Å². The molecule has 104 valence electrons. The van der Waals surface area contributed by atoms with Crippen LogP contribution in [0.1, 0.15) is 29.2 Å². The van der Waals surface area contributed by atoms with Gasteiger partial charge in [-0.05, 0) is 42.2 Å². The summed E-state index contributed by atoms with van der Waals surface area (Å²) >= 11 is 9.63. The lowest BCUT2D eigenvalue weighted by Gasteiger charge is -2.24. The van der Waals surface area contributed by atoms with Gasteiger partial charge in [-0.25, -0.2) is 0 Å². The van der Waals surface area contributed by atoms with Crippen molar-refractivity contribution in [2.75, 3.05) is 6.61 Å². The third-order valence-electron chi connectivity index (χ3n) is 3.59. The number of hydrogen-bond donors (Lipinski definition) is 1. The SMILES string of the molecule is NC(c1cc(Cl)ccc1Br)c1cccc2c1OCCC2. The van der Waals surface area contributed by atoms with Crippen LogP contribution in [-0.4, -0.2) is 6.61 Å². The quantitative estimate of drug-likeness (QED) is 0.865. The third kappa shape index (κ3) is 2.58. The van der Waals surface area contributed by atoms with E-state index in [1.807, 2.05) is 30.3 Å². The highest BCUT2D eigenvalue weighted by Crippen LogP contribution is 2.37. The van der Waals surface area contributed by atoms with Gasteiger partial charge >= 0.3 is 0 Å². The van der Waals surface area contributed by atoms with Crippen LogP contribution in [0.4, 0.5) is 0 Å². The van der Waals surface area contributed by atoms with Gasteiger partial charge in [-0.2, -0.15) is 0 Å². The molecule has 2 aromatic rings. The molecule has 1 atom stereocenters. The number of halogens is 2. The van der Waals surface area contributed by atoms with Gasteiger partial charge < -0.3 is 10.5 Å². The fraction of sp³-hybridized carbons (Fsp3) is 0.250. The van der Waals surface area contributed by atoms with Crippen molar-refractivity contribution in [2.24, 2.45) is 5.73 Å². The molecule has 1 aliphatic rings. The third-order valence-corrected chi connectivity index (χ3v) is 4.55. The number of aryl methyl sites for hydroxylation is 1. The smallest absolute Gasteiger partial charge is 0.127 e. The fourth-order valence-corrected chi connectivity index (χ4v) is 3.25. The highest BCUT2D eigenvalue weighted by atomic mass is 79.9. The van der Waals surface area contributed by atoms with Crippen molar-refractivity contribution in [1.29, 1.82) is 0 Å². The molecule has 0 aliphatic carbocycles. The standard InChI is InChI=1S/C16H15BrClNO/c17-14-7-6-11(18)9-13(14)15(19)12-5-1-3-10-4-2-8-20-16(10)12/h1,3,5-7,9,15H,2,4,8,19H2. The Balaban J connectivity index is 2.06. The van der Waals surface area contributed by atoms with Gasteiger partial charge in [-0.3, -0.25) is 0 Å². The molecule has 0 fully saturated rings. The van der Waals surface area contributed by atoms with Crippen LogP contribution in [0.5, 0.6) is 5.75 Å². The van der Waals surface area contributed by atoms with Crippen molar-refractivity contribution < 1.29 is 4.74 Å². The molecule has 0 saturated heterocycles. The van der Waals surface area contributed by atoms with Crippen LogP contribution in [0.15, 0.2) is 40.9 Å².